The first-order valence-corrected chi connectivity index (χ1v) is 11.3. The van der Waals surface area contributed by atoms with Crippen molar-refractivity contribution in [1.82, 2.24) is 15.8 Å². The summed E-state index contributed by atoms with van der Waals surface area (Å²) in [5.41, 5.74) is 10.4. The molecular formula is C25H36N4O. The highest BCUT2D eigenvalue weighted by Gasteiger charge is 2.28. The number of rotatable bonds is 11. The van der Waals surface area contributed by atoms with Crippen LogP contribution in [0.5, 0.6) is 0 Å². The van der Waals surface area contributed by atoms with Crippen molar-refractivity contribution in [3.05, 3.63) is 65.2 Å². The summed E-state index contributed by atoms with van der Waals surface area (Å²) in [7, 11) is 0. The Bertz CT molecular complexity index is 805. The fourth-order valence-corrected chi connectivity index (χ4v) is 4.24. The average Bonchev–Trinajstić information content (AvgIpc) is 3.07. The Balaban J connectivity index is 1.56. The van der Waals surface area contributed by atoms with Crippen molar-refractivity contribution in [2.75, 3.05) is 25.0 Å². The Morgan fingerprint density at radius 2 is 1.80 bits per heavy atom. The number of amides is 1. The topological polar surface area (TPSA) is 56.4 Å². The van der Waals surface area contributed by atoms with Crippen molar-refractivity contribution in [3.8, 4) is 0 Å². The Labute approximate surface area is 181 Å². The molecule has 0 radical (unpaired) electrons. The van der Waals surface area contributed by atoms with Crippen LogP contribution in [0.4, 0.5) is 5.69 Å². The molecule has 162 valence electrons. The van der Waals surface area contributed by atoms with Crippen LogP contribution in [0, 0.1) is 0 Å². The molecule has 1 aliphatic rings. The standard InChI is InChI=1S/C25H36N4O/c1-4-15-26-28-25(30)21-12-10-20(11-13-21)18-29(16-5-2)17-14-22-19(3)27-24-9-7-6-8-23(22)24/h6-13,19,22,26-27H,4-5,14-18H2,1-3H3,(H,28,30). The van der Waals surface area contributed by atoms with Crippen LogP contribution in [0.25, 0.3) is 0 Å². The Hall–Kier alpha value is -2.37. The van der Waals surface area contributed by atoms with Gasteiger partial charge in [-0.25, -0.2) is 5.43 Å². The molecule has 2 aromatic rings. The smallest absolute Gasteiger partial charge is 0.265 e. The second kappa shape index (κ2) is 11.1. The van der Waals surface area contributed by atoms with Gasteiger partial charge in [-0.15, -0.1) is 0 Å². The highest BCUT2D eigenvalue weighted by Crippen LogP contribution is 2.37. The minimum Gasteiger partial charge on any atom is -0.382 e. The highest BCUT2D eigenvalue weighted by atomic mass is 16.2. The van der Waals surface area contributed by atoms with Gasteiger partial charge in [0.05, 0.1) is 0 Å². The Morgan fingerprint density at radius 3 is 2.53 bits per heavy atom. The van der Waals surface area contributed by atoms with Crippen LogP contribution in [0.3, 0.4) is 0 Å². The third-order valence-corrected chi connectivity index (χ3v) is 5.84. The summed E-state index contributed by atoms with van der Waals surface area (Å²) in [6, 6.07) is 17.2. The molecule has 0 aromatic heterocycles. The predicted octanol–water partition coefficient (Wildman–Crippen LogP) is 4.53. The molecule has 2 atom stereocenters. The van der Waals surface area contributed by atoms with Crippen LogP contribution in [0.2, 0.25) is 0 Å². The van der Waals surface area contributed by atoms with E-state index in [2.05, 4.69) is 78.2 Å². The van der Waals surface area contributed by atoms with Gasteiger partial charge in [0.1, 0.15) is 0 Å². The largest absolute Gasteiger partial charge is 0.382 e. The molecule has 2 aromatic carbocycles. The quantitative estimate of drug-likeness (QED) is 0.378. The summed E-state index contributed by atoms with van der Waals surface area (Å²) in [5.74, 6) is 0.476. The monoisotopic (exact) mass is 408 g/mol. The summed E-state index contributed by atoms with van der Waals surface area (Å²) in [6.45, 7) is 10.4. The molecule has 0 bridgehead atoms. The number of carbonyl (C=O) groups excluding carboxylic acids is 1. The number of para-hydroxylation sites is 1. The normalized spacial score (nSPS) is 17.6. The summed E-state index contributed by atoms with van der Waals surface area (Å²) in [5, 5.41) is 3.63. The molecule has 5 nitrogen and oxygen atoms in total. The molecule has 0 aliphatic carbocycles. The summed E-state index contributed by atoms with van der Waals surface area (Å²) in [6.07, 6.45) is 3.27. The predicted molar refractivity (Wildman–Crippen MR) is 125 cm³/mol. The number of hydrazine groups is 1. The van der Waals surface area contributed by atoms with E-state index in [1.807, 2.05) is 12.1 Å². The van der Waals surface area contributed by atoms with Gasteiger partial charge in [-0.2, -0.15) is 0 Å². The van der Waals surface area contributed by atoms with Gasteiger partial charge < -0.3 is 5.32 Å². The molecule has 1 amide bonds. The molecule has 5 heteroatoms. The number of hydrogen-bond donors (Lipinski definition) is 3. The SMILES string of the molecule is CCCNNC(=O)c1ccc(CN(CCC)CCC2c3ccccc3NC2C)cc1. The molecule has 3 N–H and O–H groups in total. The number of fused-ring (bicyclic) bond motifs is 1. The maximum absolute atomic E-state index is 12.1. The molecule has 1 aliphatic heterocycles. The minimum atomic E-state index is -0.0817. The number of anilines is 1. The second-order valence-corrected chi connectivity index (χ2v) is 8.27. The number of carbonyl (C=O) groups is 1. The Morgan fingerprint density at radius 1 is 1.03 bits per heavy atom. The van der Waals surface area contributed by atoms with E-state index < -0.39 is 0 Å². The lowest BCUT2D eigenvalue weighted by molar-refractivity contribution is 0.0933. The van der Waals surface area contributed by atoms with Gasteiger partial charge in [0.15, 0.2) is 0 Å². The van der Waals surface area contributed by atoms with Crippen LogP contribution in [0.15, 0.2) is 48.5 Å². The second-order valence-electron chi connectivity index (χ2n) is 8.27. The first-order valence-electron chi connectivity index (χ1n) is 11.3. The van der Waals surface area contributed by atoms with Crippen molar-refractivity contribution in [2.24, 2.45) is 0 Å². The molecule has 0 saturated heterocycles. The van der Waals surface area contributed by atoms with E-state index in [1.54, 1.807) is 0 Å². The first-order chi connectivity index (χ1) is 14.6. The molecule has 0 saturated carbocycles. The maximum atomic E-state index is 12.1. The van der Waals surface area contributed by atoms with Crippen molar-refractivity contribution >= 4 is 11.6 Å². The van der Waals surface area contributed by atoms with Gasteiger partial charge in [0.2, 0.25) is 0 Å². The lowest BCUT2D eigenvalue weighted by Gasteiger charge is -2.25. The van der Waals surface area contributed by atoms with Crippen molar-refractivity contribution in [1.29, 1.82) is 0 Å². The van der Waals surface area contributed by atoms with E-state index in [-0.39, 0.29) is 5.91 Å². The maximum Gasteiger partial charge on any atom is 0.265 e. The fraction of sp³-hybridized carbons (Fsp3) is 0.480. The van der Waals surface area contributed by atoms with E-state index in [0.29, 0.717) is 17.5 Å². The summed E-state index contributed by atoms with van der Waals surface area (Å²) < 4.78 is 0. The van der Waals surface area contributed by atoms with Crippen molar-refractivity contribution < 1.29 is 4.79 Å². The van der Waals surface area contributed by atoms with Gasteiger partial charge >= 0.3 is 0 Å². The molecule has 30 heavy (non-hydrogen) atoms. The van der Waals surface area contributed by atoms with Crippen LogP contribution >= 0.6 is 0 Å². The molecule has 0 fully saturated rings. The third-order valence-electron chi connectivity index (χ3n) is 5.84. The number of nitrogens with one attached hydrogen (secondary N) is 3. The van der Waals surface area contributed by atoms with Crippen molar-refractivity contribution in [2.45, 2.75) is 58.5 Å². The van der Waals surface area contributed by atoms with Crippen LogP contribution < -0.4 is 16.2 Å². The zero-order valence-electron chi connectivity index (χ0n) is 18.6. The van der Waals surface area contributed by atoms with Gasteiger partial charge in [0.25, 0.3) is 5.91 Å². The van der Waals surface area contributed by atoms with Gasteiger partial charge in [-0.3, -0.25) is 15.1 Å². The number of hydrogen-bond acceptors (Lipinski definition) is 4. The zero-order chi connectivity index (χ0) is 21.3. The number of nitrogens with zero attached hydrogens (tertiary/aromatic N) is 1. The van der Waals surface area contributed by atoms with Gasteiger partial charge in [0, 0.05) is 36.3 Å². The van der Waals surface area contributed by atoms with Gasteiger partial charge in [-0.05, 0) is 68.6 Å². The van der Waals surface area contributed by atoms with E-state index >= 15 is 0 Å². The Kier molecular flexibility index (Phi) is 8.29. The van der Waals surface area contributed by atoms with Gasteiger partial charge in [-0.1, -0.05) is 44.2 Å². The molecular weight excluding hydrogens is 372 g/mol. The number of benzene rings is 2. The van der Waals surface area contributed by atoms with Crippen LogP contribution in [-0.2, 0) is 6.54 Å². The van der Waals surface area contributed by atoms with E-state index in [1.165, 1.54) is 16.8 Å². The average molecular weight is 409 g/mol. The van der Waals surface area contributed by atoms with Crippen LogP contribution in [-0.4, -0.2) is 36.5 Å². The highest BCUT2D eigenvalue weighted by molar-refractivity contribution is 5.93. The summed E-state index contributed by atoms with van der Waals surface area (Å²) >= 11 is 0. The van der Waals surface area contributed by atoms with E-state index in [9.17, 15) is 4.79 Å². The first kappa shape index (κ1) is 22.3. The fourth-order valence-electron chi connectivity index (χ4n) is 4.24. The zero-order valence-corrected chi connectivity index (χ0v) is 18.6. The van der Waals surface area contributed by atoms with E-state index in [0.717, 1.165) is 45.4 Å². The molecule has 1 heterocycles. The molecule has 2 unspecified atom stereocenters. The van der Waals surface area contributed by atoms with Crippen molar-refractivity contribution in [3.63, 3.8) is 0 Å². The molecule has 0 spiro atoms. The lowest BCUT2D eigenvalue weighted by atomic mass is 9.92. The van der Waals surface area contributed by atoms with E-state index in [4.69, 9.17) is 0 Å². The van der Waals surface area contributed by atoms with Crippen LogP contribution in [0.1, 0.15) is 67.4 Å². The molecule has 3 rings (SSSR count). The third kappa shape index (κ3) is 5.83. The lowest BCUT2D eigenvalue weighted by Crippen LogP contribution is -2.37. The summed E-state index contributed by atoms with van der Waals surface area (Å²) in [4.78, 5) is 14.7. The minimum absolute atomic E-state index is 0.0817.